The average Bonchev–Trinajstić information content (AvgIpc) is 3.49. The molecule has 0 unspecified atom stereocenters. The summed E-state index contributed by atoms with van der Waals surface area (Å²) in [6.45, 7) is 5.07. The van der Waals surface area contributed by atoms with Crippen LogP contribution in [0.4, 0.5) is 4.79 Å². The number of carbonyl (C=O) groups is 2. The lowest BCUT2D eigenvalue weighted by Gasteiger charge is -2.23. The normalized spacial score (nSPS) is 16.7. The lowest BCUT2D eigenvalue weighted by Crippen LogP contribution is -2.51. The molecule has 12 heteroatoms. The molecule has 1 aromatic carbocycles. The van der Waals surface area contributed by atoms with Crippen LogP contribution in [-0.4, -0.2) is 70.2 Å². The molecular formula is C22H33N7O5. The van der Waals surface area contributed by atoms with E-state index in [0.717, 1.165) is 25.0 Å². The van der Waals surface area contributed by atoms with Crippen molar-refractivity contribution in [1.82, 2.24) is 30.8 Å². The molecule has 0 aliphatic carbocycles. The van der Waals surface area contributed by atoms with Crippen LogP contribution in [0.15, 0.2) is 30.3 Å². The number of amides is 2. The minimum Gasteiger partial charge on any atom is -0.448 e. The molecular weight excluding hydrogens is 442 g/mol. The van der Waals surface area contributed by atoms with Gasteiger partial charge in [0.1, 0.15) is 12.6 Å². The summed E-state index contributed by atoms with van der Waals surface area (Å²) in [4.78, 5) is 24.5. The molecule has 0 saturated carbocycles. The number of nitrogens with zero attached hydrogens (tertiary/aromatic N) is 4. The van der Waals surface area contributed by atoms with Gasteiger partial charge in [0.2, 0.25) is 5.91 Å². The van der Waals surface area contributed by atoms with Crippen LogP contribution in [0.5, 0.6) is 0 Å². The number of aromatic nitrogens is 4. The quantitative estimate of drug-likeness (QED) is 0.402. The first-order valence-corrected chi connectivity index (χ1v) is 11.3. The summed E-state index contributed by atoms with van der Waals surface area (Å²) in [5, 5.41) is 17.3. The van der Waals surface area contributed by atoms with E-state index >= 15 is 0 Å². The average molecular weight is 476 g/mol. The molecule has 0 bridgehead atoms. The van der Waals surface area contributed by atoms with E-state index < -0.39 is 17.7 Å². The van der Waals surface area contributed by atoms with Gasteiger partial charge in [0.05, 0.1) is 31.4 Å². The third-order valence-corrected chi connectivity index (χ3v) is 5.19. The van der Waals surface area contributed by atoms with E-state index in [1.54, 1.807) is 13.8 Å². The van der Waals surface area contributed by atoms with Gasteiger partial charge in [-0.2, -0.15) is 0 Å². The number of rotatable bonds is 12. The summed E-state index contributed by atoms with van der Waals surface area (Å²) in [7, 11) is 0. The Balaban J connectivity index is 1.55. The molecule has 1 aliphatic heterocycles. The predicted octanol–water partition coefficient (Wildman–Crippen LogP) is 0.690. The van der Waals surface area contributed by atoms with Crippen molar-refractivity contribution in [3.8, 4) is 0 Å². The molecule has 3 rings (SSSR count). The van der Waals surface area contributed by atoms with Crippen molar-refractivity contribution in [3.63, 3.8) is 0 Å². The van der Waals surface area contributed by atoms with Crippen LogP contribution in [0.25, 0.3) is 0 Å². The molecule has 2 heterocycles. The van der Waals surface area contributed by atoms with Gasteiger partial charge >= 0.3 is 6.09 Å². The van der Waals surface area contributed by atoms with Crippen LogP contribution in [0.3, 0.4) is 0 Å². The highest BCUT2D eigenvalue weighted by Gasteiger charge is 2.28. The Labute approximate surface area is 198 Å². The number of tetrazole rings is 1. The number of nitrogens with one attached hydrogen (secondary N) is 2. The minimum atomic E-state index is -1.10. The maximum Gasteiger partial charge on any atom is 0.407 e. The second kappa shape index (κ2) is 12.4. The summed E-state index contributed by atoms with van der Waals surface area (Å²) >= 11 is 0. The van der Waals surface area contributed by atoms with Crippen molar-refractivity contribution in [3.05, 3.63) is 41.7 Å². The van der Waals surface area contributed by atoms with Gasteiger partial charge in [-0.1, -0.05) is 30.3 Å². The van der Waals surface area contributed by atoms with Crippen LogP contribution in [0.2, 0.25) is 0 Å². The number of hydrogen-bond acceptors (Lipinski definition) is 9. The molecule has 2 aromatic rings. The predicted molar refractivity (Wildman–Crippen MR) is 121 cm³/mol. The Morgan fingerprint density at radius 1 is 1.32 bits per heavy atom. The first-order chi connectivity index (χ1) is 16.3. The minimum absolute atomic E-state index is 0.0331. The molecule has 0 spiro atoms. The topological polar surface area (TPSA) is 156 Å². The smallest absolute Gasteiger partial charge is 0.407 e. The molecule has 0 radical (unpaired) electrons. The molecule has 2 atom stereocenters. The Morgan fingerprint density at radius 3 is 2.82 bits per heavy atom. The third-order valence-electron chi connectivity index (χ3n) is 5.19. The summed E-state index contributed by atoms with van der Waals surface area (Å²) < 4.78 is 18.0. The van der Waals surface area contributed by atoms with Crippen LogP contribution in [0.1, 0.15) is 44.1 Å². The second-order valence-electron chi connectivity index (χ2n) is 8.66. The van der Waals surface area contributed by atoms with Gasteiger partial charge in [-0.3, -0.25) is 4.79 Å². The summed E-state index contributed by atoms with van der Waals surface area (Å²) in [6.07, 6.45) is 1.42. The van der Waals surface area contributed by atoms with Crippen molar-refractivity contribution in [2.75, 3.05) is 26.4 Å². The van der Waals surface area contributed by atoms with E-state index in [1.165, 1.54) is 4.68 Å². The molecule has 1 aromatic heterocycles. The lowest BCUT2D eigenvalue weighted by atomic mass is 10.1. The van der Waals surface area contributed by atoms with E-state index in [9.17, 15) is 9.59 Å². The molecule has 1 aliphatic rings. The van der Waals surface area contributed by atoms with Crippen molar-refractivity contribution in [2.45, 2.75) is 57.5 Å². The first kappa shape index (κ1) is 25.5. The SMILES string of the molecule is CC(C)(N)C(=O)N[C@H](COCc1ccccc1)c1nnnn1CCOC(=O)NC[C@H]1CCCO1. The lowest BCUT2D eigenvalue weighted by molar-refractivity contribution is -0.126. The van der Waals surface area contributed by atoms with Crippen molar-refractivity contribution in [2.24, 2.45) is 5.73 Å². The van der Waals surface area contributed by atoms with E-state index in [4.69, 9.17) is 19.9 Å². The van der Waals surface area contributed by atoms with Gasteiger partial charge in [0.15, 0.2) is 5.82 Å². The highest BCUT2D eigenvalue weighted by molar-refractivity contribution is 5.85. The third kappa shape index (κ3) is 8.04. The highest BCUT2D eigenvalue weighted by atomic mass is 16.5. The molecule has 4 N–H and O–H groups in total. The van der Waals surface area contributed by atoms with E-state index in [2.05, 4.69) is 26.2 Å². The summed E-state index contributed by atoms with van der Waals surface area (Å²) in [6, 6.07) is 9.01. The molecule has 34 heavy (non-hydrogen) atoms. The number of ether oxygens (including phenoxy) is 3. The number of benzene rings is 1. The number of hydrogen-bond donors (Lipinski definition) is 3. The van der Waals surface area contributed by atoms with Gasteiger partial charge in [-0.25, -0.2) is 9.48 Å². The maximum absolute atomic E-state index is 12.5. The van der Waals surface area contributed by atoms with Gasteiger partial charge in [-0.15, -0.1) is 5.10 Å². The first-order valence-electron chi connectivity index (χ1n) is 11.3. The fraction of sp³-hybridized carbons (Fsp3) is 0.591. The molecule has 186 valence electrons. The van der Waals surface area contributed by atoms with E-state index in [0.29, 0.717) is 19.0 Å². The van der Waals surface area contributed by atoms with E-state index in [1.807, 2.05) is 30.3 Å². The van der Waals surface area contributed by atoms with Crippen molar-refractivity contribution >= 4 is 12.0 Å². The highest BCUT2D eigenvalue weighted by Crippen LogP contribution is 2.13. The zero-order valence-electron chi connectivity index (χ0n) is 19.6. The fourth-order valence-electron chi connectivity index (χ4n) is 3.29. The second-order valence-corrected chi connectivity index (χ2v) is 8.66. The Morgan fingerprint density at radius 2 is 2.12 bits per heavy atom. The number of nitrogens with two attached hydrogens (primary N) is 1. The standard InChI is InChI=1S/C22H33N7O5/c1-22(2,23)20(30)25-18(15-32-14-16-7-4-3-5-8-16)19-26-27-28-29(19)10-12-34-21(31)24-13-17-9-6-11-33-17/h3-5,7-8,17-18H,6,9-15,23H2,1-2H3,(H,24,31)(H,25,30)/t17-,18-/m1/s1. The Hall–Kier alpha value is -3.09. The van der Waals surface area contributed by atoms with Gasteiger partial charge < -0.3 is 30.6 Å². The Kier molecular flexibility index (Phi) is 9.31. The van der Waals surface area contributed by atoms with Gasteiger partial charge in [0.25, 0.3) is 0 Å². The summed E-state index contributed by atoms with van der Waals surface area (Å²) in [5.41, 5.74) is 5.84. The maximum atomic E-state index is 12.5. The van der Waals surface area contributed by atoms with E-state index in [-0.39, 0.29) is 31.8 Å². The van der Waals surface area contributed by atoms with Crippen LogP contribution in [0, 0.1) is 0 Å². The molecule has 2 amide bonds. The van der Waals surface area contributed by atoms with Gasteiger partial charge in [-0.05, 0) is 42.7 Å². The molecule has 1 fully saturated rings. The zero-order valence-corrected chi connectivity index (χ0v) is 19.6. The number of alkyl carbamates (subject to hydrolysis) is 1. The zero-order chi connectivity index (χ0) is 24.4. The van der Waals surface area contributed by atoms with Crippen LogP contribution in [-0.2, 0) is 32.2 Å². The van der Waals surface area contributed by atoms with Crippen molar-refractivity contribution < 1.29 is 23.8 Å². The van der Waals surface area contributed by atoms with Crippen LogP contribution < -0.4 is 16.4 Å². The van der Waals surface area contributed by atoms with Crippen molar-refractivity contribution in [1.29, 1.82) is 0 Å². The monoisotopic (exact) mass is 475 g/mol. The molecule has 1 saturated heterocycles. The van der Waals surface area contributed by atoms with Gasteiger partial charge in [0, 0.05) is 13.2 Å². The fourth-order valence-corrected chi connectivity index (χ4v) is 3.29. The summed E-state index contributed by atoms with van der Waals surface area (Å²) in [5.74, 6) is -0.00542. The largest absolute Gasteiger partial charge is 0.448 e. The molecule has 12 nitrogen and oxygen atoms in total. The number of carbonyl (C=O) groups excluding carboxylic acids is 2. The van der Waals surface area contributed by atoms with Crippen LogP contribution >= 0.6 is 0 Å². The Bertz CT molecular complexity index is 910.